The summed E-state index contributed by atoms with van der Waals surface area (Å²) >= 11 is 0. The number of fused-ring (bicyclic) bond motifs is 1. The maximum atomic E-state index is 12.5. The molecule has 6 heteroatoms. The summed E-state index contributed by atoms with van der Waals surface area (Å²) in [6.07, 6.45) is -1.36. The molecule has 0 bridgehead atoms. The van der Waals surface area contributed by atoms with Crippen LogP contribution in [-0.4, -0.2) is 16.5 Å². The number of pyridine rings is 1. The maximum Gasteiger partial charge on any atom is 0.417 e. The summed E-state index contributed by atoms with van der Waals surface area (Å²) < 4.78 is 37.4. The number of H-pyrrole nitrogens is 1. The molecule has 0 aliphatic rings. The molecule has 0 aliphatic carbocycles. The molecule has 0 spiro atoms. The number of hydrogen-bond acceptors (Lipinski definition) is 2. The van der Waals surface area contributed by atoms with Gasteiger partial charge in [0, 0.05) is 17.8 Å². The van der Waals surface area contributed by atoms with Gasteiger partial charge in [-0.25, -0.2) is 4.98 Å². The van der Waals surface area contributed by atoms with Gasteiger partial charge < -0.3 is 10.7 Å². The van der Waals surface area contributed by atoms with Crippen LogP contribution in [-0.2, 0) is 12.6 Å². The molecule has 0 unspecified atom stereocenters. The van der Waals surface area contributed by atoms with Crippen molar-refractivity contribution in [2.75, 3.05) is 6.54 Å². The van der Waals surface area contributed by atoms with E-state index < -0.39 is 11.7 Å². The number of aromatic amines is 1. The third-order valence-electron chi connectivity index (χ3n) is 2.36. The van der Waals surface area contributed by atoms with E-state index >= 15 is 0 Å². The van der Waals surface area contributed by atoms with Gasteiger partial charge in [0.25, 0.3) is 0 Å². The summed E-state index contributed by atoms with van der Waals surface area (Å²) in [6.45, 7) is 0.392. The lowest BCUT2D eigenvalue weighted by molar-refractivity contribution is -0.137. The first kappa shape index (κ1) is 10.9. The normalized spacial score (nSPS) is 12.2. The van der Waals surface area contributed by atoms with Crippen molar-refractivity contribution >= 4 is 11.0 Å². The van der Waals surface area contributed by atoms with Crippen molar-refractivity contribution in [1.82, 2.24) is 9.97 Å². The SMILES string of the molecule is NCCc1c[nH]c2ncc(C(F)(F)F)cc12. The number of nitrogens with one attached hydrogen (secondary N) is 1. The number of hydrogen-bond donors (Lipinski definition) is 2. The van der Waals surface area contributed by atoms with Crippen LogP contribution >= 0.6 is 0 Å². The topological polar surface area (TPSA) is 54.7 Å². The first-order valence-corrected chi connectivity index (χ1v) is 4.75. The molecular weight excluding hydrogens is 219 g/mol. The molecule has 86 valence electrons. The fraction of sp³-hybridized carbons (Fsp3) is 0.300. The molecule has 0 atom stereocenters. The molecule has 0 aromatic carbocycles. The van der Waals surface area contributed by atoms with E-state index in [4.69, 9.17) is 5.73 Å². The molecule has 0 amide bonds. The fourth-order valence-corrected chi connectivity index (χ4v) is 1.58. The molecule has 2 rings (SSSR count). The van der Waals surface area contributed by atoms with Gasteiger partial charge in [-0.3, -0.25) is 0 Å². The third kappa shape index (κ3) is 1.88. The maximum absolute atomic E-state index is 12.5. The van der Waals surface area contributed by atoms with Crippen LogP contribution in [0.15, 0.2) is 18.5 Å². The van der Waals surface area contributed by atoms with Crippen LogP contribution in [0.4, 0.5) is 13.2 Å². The van der Waals surface area contributed by atoms with Crippen LogP contribution in [0.2, 0.25) is 0 Å². The summed E-state index contributed by atoms with van der Waals surface area (Å²) in [5, 5.41) is 0.486. The van der Waals surface area contributed by atoms with Crippen molar-refractivity contribution in [1.29, 1.82) is 0 Å². The smallest absolute Gasteiger partial charge is 0.346 e. The Morgan fingerprint density at radius 3 is 2.75 bits per heavy atom. The van der Waals surface area contributed by atoms with Gasteiger partial charge >= 0.3 is 6.18 Å². The Morgan fingerprint density at radius 1 is 1.38 bits per heavy atom. The zero-order valence-electron chi connectivity index (χ0n) is 8.30. The van der Waals surface area contributed by atoms with Gasteiger partial charge in [-0.15, -0.1) is 0 Å². The van der Waals surface area contributed by atoms with Gasteiger partial charge in [0.1, 0.15) is 5.65 Å². The first-order chi connectivity index (χ1) is 7.52. The Bertz CT molecular complexity index is 501. The van der Waals surface area contributed by atoms with Crippen LogP contribution in [0.25, 0.3) is 11.0 Å². The minimum absolute atomic E-state index is 0.392. The fourth-order valence-electron chi connectivity index (χ4n) is 1.58. The number of rotatable bonds is 2. The standard InChI is InChI=1S/C10H10F3N3/c11-10(12,13)7-3-8-6(1-2-14)4-15-9(8)16-5-7/h3-5H,1-2,14H2,(H,15,16). The van der Waals surface area contributed by atoms with E-state index in [-0.39, 0.29) is 0 Å². The molecule has 2 aromatic heterocycles. The van der Waals surface area contributed by atoms with Gasteiger partial charge in [-0.05, 0) is 24.6 Å². The molecule has 3 nitrogen and oxygen atoms in total. The Labute approximate surface area is 89.5 Å². The molecule has 0 fully saturated rings. The summed E-state index contributed by atoms with van der Waals surface area (Å²) in [7, 11) is 0. The summed E-state index contributed by atoms with van der Waals surface area (Å²) in [5.74, 6) is 0. The Morgan fingerprint density at radius 2 is 2.12 bits per heavy atom. The quantitative estimate of drug-likeness (QED) is 0.828. The molecule has 0 radical (unpaired) electrons. The Kier molecular flexibility index (Phi) is 2.59. The van der Waals surface area contributed by atoms with E-state index in [9.17, 15) is 13.2 Å². The van der Waals surface area contributed by atoms with E-state index in [1.54, 1.807) is 6.20 Å². The van der Waals surface area contributed by atoms with Crippen molar-refractivity contribution in [3.05, 3.63) is 29.6 Å². The second-order valence-electron chi connectivity index (χ2n) is 3.47. The van der Waals surface area contributed by atoms with E-state index in [1.807, 2.05) is 0 Å². The van der Waals surface area contributed by atoms with Crippen LogP contribution in [0.1, 0.15) is 11.1 Å². The average molecular weight is 229 g/mol. The number of aromatic nitrogens is 2. The monoisotopic (exact) mass is 229 g/mol. The molecular formula is C10H10F3N3. The van der Waals surface area contributed by atoms with E-state index in [1.165, 1.54) is 0 Å². The van der Waals surface area contributed by atoms with Gasteiger partial charge in [0.2, 0.25) is 0 Å². The second kappa shape index (κ2) is 3.79. The van der Waals surface area contributed by atoms with Gasteiger partial charge in [0.05, 0.1) is 5.56 Å². The molecule has 0 aliphatic heterocycles. The van der Waals surface area contributed by atoms with Gasteiger partial charge in [-0.2, -0.15) is 13.2 Å². The van der Waals surface area contributed by atoms with Crippen molar-refractivity contribution in [2.45, 2.75) is 12.6 Å². The lowest BCUT2D eigenvalue weighted by Crippen LogP contribution is -2.06. The Hall–Kier alpha value is -1.56. The second-order valence-corrected chi connectivity index (χ2v) is 3.47. The molecule has 0 saturated heterocycles. The van der Waals surface area contributed by atoms with Crippen molar-refractivity contribution in [3.63, 3.8) is 0 Å². The van der Waals surface area contributed by atoms with Crippen LogP contribution in [0, 0.1) is 0 Å². The first-order valence-electron chi connectivity index (χ1n) is 4.75. The van der Waals surface area contributed by atoms with E-state index in [0.717, 1.165) is 17.8 Å². The van der Waals surface area contributed by atoms with E-state index in [0.29, 0.717) is 24.0 Å². The average Bonchev–Trinajstić information content (AvgIpc) is 2.60. The lowest BCUT2D eigenvalue weighted by atomic mass is 10.1. The van der Waals surface area contributed by atoms with Crippen LogP contribution in [0.3, 0.4) is 0 Å². The molecule has 3 N–H and O–H groups in total. The highest BCUT2D eigenvalue weighted by molar-refractivity contribution is 5.80. The van der Waals surface area contributed by atoms with Crippen molar-refractivity contribution in [2.24, 2.45) is 5.73 Å². The highest BCUT2D eigenvalue weighted by atomic mass is 19.4. The number of nitrogens with two attached hydrogens (primary N) is 1. The third-order valence-corrected chi connectivity index (χ3v) is 2.36. The number of halogens is 3. The minimum Gasteiger partial charge on any atom is -0.346 e. The summed E-state index contributed by atoms with van der Waals surface area (Å²) in [4.78, 5) is 6.55. The largest absolute Gasteiger partial charge is 0.417 e. The summed E-state index contributed by atoms with van der Waals surface area (Å²) in [6, 6.07) is 1.10. The van der Waals surface area contributed by atoms with Crippen LogP contribution < -0.4 is 5.73 Å². The highest BCUT2D eigenvalue weighted by Crippen LogP contribution is 2.31. The predicted octanol–water partition coefficient (Wildman–Crippen LogP) is 2.08. The van der Waals surface area contributed by atoms with Crippen LogP contribution in [0.5, 0.6) is 0 Å². The van der Waals surface area contributed by atoms with Crippen molar-refractivity contribution < 1.29 is 13.2 Å². The van der Waals surface area contributed by atoms with Gasteiger partial charge in [0.15, 0.2) is 0 Å². The molecule has 2 heterocycles. The molecule has 2 aromatic rings. The lowest BCUT2D eigenvalue weighted by Gasteiger charge is -2.05. The Balaban J connectivity index is 2.54. The number of alkyl halides is 3. The molecule has 0 saturated carbocycles. The highest BCUT2D eigenvalue weighted by Gasteiger charge is 2.31. The predicted molar refractivity (Wildman–Crippen MR) is 53.9 cm³/mol. The van der Waals surface area contributed by atoms with Gasteiger partial charge in [-0.1, -0.05) is 0 Å². The summed E-state index contributed by atoms with van der Waals surface area (Å²) in [5.41, 5.74) is 5.86. The van der Waals surface area contributed by atoms with E-state index in [2.05, 4.69) is 9.97 Å². The molecule has 16 heavy (non-hydrogen) atoms. The minimum atomic E-state index is -4.36. The zero-order valence-corrected chi connectivity index (χ0v) is 8.30. The zero-order chi connectivity index (χ0) is 11.8. The van der Waals surface area contributed by atoms with Crippen molar-refractivity contribution in [3.8, 4) is 0 Å². The number of nitrogens with zero attached hydrogens (tertiary/aromatic N) is 1.